The Balaban J connectivity index is 2.22. The van der Waals surface area contributed by atoms with Crippen molar-refractivity contribution >= 4 is 23.5 Å². The lowest BCUT2D eigenvalue weighted by Gasteiger charge is -2.05. The molecule has 0 aliphatic carbocycles. The molecule has 0 aliphatic heterocycles. The Kier molecular flexibility index (Phi) is 3.75. The van der Waals surface area contributed by atoms with Crippen LogP contribution in [0.25, 0.3) is 0 Å². The van der Waals surface area contributed by atoms with Crippen LogP contribution in [0, 0.1) is 6.92 Å². The molecule has 1 aromatic carbocycles. The van der Waals surface area contributed by atoms with E-state index in [2.05, 4.69) is 10.3 Å². The Labute approximate surface area is 119 Å². The molecule has 5 N–H and O–H groups in total. The van der Waals surface area contributed by atoms with Crippen LogP contribution in [0.15, 0.2) is 30.5 Å². The highest BCUT2D eigenvalue weighted by Crippen LogP contribution is 2.20. The van der Waals surface area contributed by atoms with Gasteiger partial charge in [0.1, 0.15) is 5.56 Å². The van der Waals surface area contributed by atoms with Gasteiger partial charge >= 0.3 is 5.97 Å². The van der Waals surface area contributed by atoms with Gasteiger partial charge in [-0.15, -0.1) is 0 Å². The van der Waals surface area contributed by atoms with Crippen LogP contribution in [-0.2, 0) is 0 Å². The van der Waals surface area contributed by atoms with Gasteiger partial charge in [-0.3, -0.25) is 9.59 Å². The zero-order valence-corrected chi connectivity index (χ0v) is 11.1. The summed E-state index contributed by atoms with van der Waals surface area (Å²) >= 11 is 0. The number of anilines is 1. The number of primary amides is 1. The predicted molar refractivity (Wildman–Crippen MR) is 75.4 cm³/mol. The van der Waals surface area contributed by atoms with Gasteiger partial charge in [0.05, 0.1) is 5.69 Å². The Bertz CT molecular complexity index is 716. The number of aromatic carboxylic acids is 1. The van der Waals surface area contributed by atoms with E-state index in [1.54, 1.807) is 6.92 Å². The number of aromatic nitrogens is 1. The molecule has 2 rings (SSSR count). The van der Waals surface area contributed by atoms with Crippen molar-refractivity contribution in [3.63, 3.8) is 0 Å². The summed E-state index contributed by atoms with van der Waals surface area (Å²) in [6.45, 7) is 1.60. The maximum Gasteiger partial charge on any atom is 0.339 e. The average Bonchev–Trinajstić information content (AvgIpc) is 2.79. The van der Waals surface area contributed by atoms with Crippen LogP contribution < -0.4 is 11.1 Å². The number of benzene rings is 1. The molecule has 0 aliphatic rings. The van der Waals surface area contributed by atoms with Gasteiger partial charge in [0.15, 0.2) is 0 Å². The number of rotatable bonds is 4. The van der Waals surface area contributed by atoms with E-state index in [9.17, 15) is 14.4 Å². The fourth-order valence-corrected chi connectivity index (χ4v) is 1.88. The highest BCUT2D eigenvalue weighted by Gasteiger charge is 2.17. The standard InChI is InChI=1S/C14H13N3O4/c1-7-11(14(20)21)10(6-16-7)17-13(19)9-4-2-8(3-5-9)12(15)18/h2-6,16H,1H3,(H2,15,18)(H,17,19)(H,20,21). The molecule has 0 atom stereocenters. The summed E-state index contributed by atoms with van der Waals surface area (Å²) in [4.78, 5) is 36.9. The molecule has 108 valence electrons. The van der Waals surface area contributed by atoms with E-state index < -0.39 is 17.8 Å². The van der Waals surface area contributed by atoms with Gasteiger partial charge in [-0.1, -0.05) is 0 Å². The lowest BCUT2D eigenvalue weighted by atomic mass is 10.1. The molecule has 2 aromatic rings. The first-order valence-electron chi connectivity index (χ1n) is 6.02. The number of H-pyrrole nitrogens is 1. The van der Waals surface area contributed by atoms with E-state index in [0.717, 1.165) is 0 Å². The van der Waals surface area contributed by atoms with E-state index in [4.69, 9.17) is 10.8 Å². The van der Waals surface area contributed by atoms with Gasteiger partial charge in [0.25, 0.3) is 5.91 Å². The van der Waals surface area contributed by atoms with Gasteiger partial charge < -0.3 is 21.1 Å². The minimum absolute atomic E-state index is 0.0112. The summed E-state index contributed by atoms with van der Waals surface area (Å²) in [5.74, 6) is -2.20. The van der Waals surface area contributed by atoms with Crippen molar-refractivity contribution < 1.29 is 19.5 Å². The quantitative estimate of drug-likeness (QED) is 0.677. The Morgan fingerprint density at radius 3 is 2.24 bits per heavy atom. The fourth-order valence-electron chi connectivity index (χ4n) is 1.88. The summed E-state index contributed by atoms with van der Waals surface area (Å²) in [7, 11) is 0. The number of hydrogen-bond donors (Lipinski definition) is 4. The molecule has 0 bridgehead atoms. The largest absolute Gasteiger partial charge is 0.478 e. The van der Waals surface area contributed by atoms with Crippen LogP contribution in [0.5, 0.6) is 0 Å². The van der Waals surface area contributed by atoms with Gasteiger partial charge in [-0.05, 0) is 31.2 Å². The van der Waals surface area contributed by atoms with E-state index in [1.165, 1.54) is 30.5 Å². The number of aromatic amines is 1. The highest BCUT2D eigenvalue weighted by atomic mass is 16.4. The number of hydrogen-bond acceptors (Lipinski definition) is 3. The minimum atomic E-state index is -1.13. The van der Waals surface area contributed by atoms with Crippen molar-refractivity contribution in [2.45, 2.75) is 6.92 Å². The van der Waals surface area contributed by atoms with Gasteiger partial charge in [-0.2, -0.15) is 0 Å². The summed E-state index contributed by atoms with van der Waals surface area (Å²) in [6, 6.07) is 5.74. The monoisotopic (exact) mass is 287 g/mol. The molecule has 0 fully saturated rings. The van der Waals surface area contributed by atoms with Crippen LogP contribution >= 0.6 is 0 Å². The maximum absolute atomic E-state index is 12.0. The molecular weight excluding hydrogens is 274 g/mol. The molecule has 0 saturated carbocycles. The summed E-state index contributed by atoms with van der Waals surface area (Å²) in [5.41, 5.74) is 6.33. The normalized spacial score (nSPS) is 10.1. The van der Waals surface area contributed by atoms with E-state index in [1.807, 2.05) is 0 Å². The molecule has 0 unspecified atom stereocenters. The van der Waals surface area contributed by atoms with Gasteiger partial charge in [-0.25, -0.2) is 4.79 Å². The van der Waals surface area contributed by atoms with Crippen molar-refractivity contribution in [1.29, 1.82) is 0 Å². The van der Waals surface area contributed by atoms with Crippen LogP contribution in [0.3, 0.4) is 0 Å². The van der Waals surface area contributed by atoms with Gasteiger partial charge in [0, 0.05) is 23.0 Å². The summed E-state index contributed by atoms with van der Waals surface area (Å²) in [6.07, 6.45) is 1.41. The molecule has 21 heavy (non-hydrogen) atoms. The molecule has 7 nitrogen and oxygen atoms in total. The van der Waals surface area contributed by atoms with E-state index in [-0.39, 0.29) is 22.4 Å². The number of carbonyl (C=O) groups is 3. The lowest BCUT2D eigenvalue weighted by Crippen LogP contribution is -2.15. The number of aryl methyl sites for hydroxylation is 1. The van der Waals surface area contributed by atoms with Gasteiger partial charge in [0.2, 0.25) is 5.91 Å². The van der Waals surface area contributed by atoms with E-state index >= 15 is 0 Å². The molecular formula is C14H13N3O4. The lowest BCUT2D eigenvalue weighted by molar-refractivity contribution is 0.0697. The van der Waals surface area contributed by atoms with Crippen LogP contribution in [0.4, 0.5) is 5.69 Å². The van der Waals surface area contributed by atoms with Crippen molar-refractivity contribution in [2.75, 3.05) is 5.32 Å². The number of carboxylic acid groups (broad SMARTS) is 1. The fraction of sp³-hybridized carbons (Fsp3) is 0.0714. The molecule has 7 heteroatoms. The van der Waals surface area contributed by atoms with Crippen LogP contribution in [0.1, 0.15) is 36.8 Å². The average molecular weight is 287 g/mol. The predicted octanol–water partition coefficient (Wildman–Crippen LogP) is 1.37. The zero-order chi connectivity index (χ0) is 15.6. The third-order valence-electron chi connectivity index (χ3n) is 2.97. The Hall–Kier alpha value is -3.09. The first-order valence-corrected chi connectivity index (χ1v) is 6.02. The Morgan fingerprint density at radius 1 is 1.14 bits per heavy atom. The summed E-state index contributed by atoms with van der Waals surface area (Å²) < 4.78 is 0. The third kappa shape index (κ3) is 2.92. The second-order valence-electron chi connectivity index (χ2n) is 4.40. The zero-order valence-electron chi connectivity index (χ0n) is 11.1. The smallest absolute Gasteiger partial charge is 0.339 e. The first-order chi connectivity index (χ1) is 9.90. The SMILES string of the molecule is Cc1[nH]cc(NC(=O)c2ccc(C(N)=O)cc2)c1C(=O)O. The second-order valence-corrected chi connectivity index (χ2v) is 4.40. The number of nitrogens with two attached hydrogens (primary N) is 1. The number of carbonyl (C=O) groups excluding carboxylic acids is 2. The minimum Gasteiger partial charge on any atom is -0.478 e. The van der Waals surface area contributed by atoms with Crippen molar-refractivity contribution in [3.8, 4) is 0 Å². The number of amides is 2. The molecule has 1 heterocycles. The van der Waals surface area contributed by atoms with E-state index in [0.29, 0.717) is 5.69 Å². The third-order valence-corrected chi connectivity index (χ3v) is 2.97. The maximum atomic E-state index is 12.0. The highest BCUT2D eigenvalue weighted by molar-refractivity contribution is 6.08. The molecule has 0 saturated heterocycles. The summed E-state index contributed by atoms with van der Waals surface area (Å²) in [5, 5.41) is 11.6. The number of carboxylic acids is 1. The molecule has 1 aromatic heterocycles. The topological polar surface area (TPSA) is 125 Å². The Morgan fingerprint density at radius 2 is 1.71 bits per heavy atom. The molecule has 0 radical (unpaired) electrons. The molecule has 2 amide bonds. The molecule has 0 spiro atoms. The van der Waals surface area contributed by atoms with Crippen molar-refractivity contribution in [2.24, 2.45) is 5.73 Å². The first kappa shape index (κ1) is 14.3. The second kappa shape index (κ2) is 5.49. The van der Waals surface area contributed by atoms with Crippen LogP contribution in [-0.4, -0.2) is 27.9 Å². The number of nitrogens with one attached hydrogen (secondary N) is 2. The van der Waals surface area contributed by atoms with Crippen LogP contribution in [0.2, 0.25) is 0 Å². The van der Waals surface area contributed by atoms with Crippen molar-refractivity contribution in [1.82, 2.24) is 4.98 Å². The van der Waals surface area contributed by atoms with Crippen molar-refractivity contribution in [3.05, 3.63) is 52.8 Å².